The van der Waals surface area contributed by atoms with Crippen LogP contribution >= 0.6 is 35.0 Å². The molecule has 0 bridgehead atoms. The highest BCUT2D eigenvalue weighted by atomic mass is 35.5. The first-order valence-electron chi connectivity index (χ1n) is 11.6. The summed E-state index contributed by atoms with van der Waals surface area (Å²) < 4.78 is 0. The minimum atomic E-state index is -0.652. The van der Waals surface area contributed by atoms with Crippen molar-refractivity contribution in [2.45, 2.75) is 50.2 Å². The number of thioether (sulfide) groups is 1. The van der Waals surface area contributed by atoms with Crippen molar-refractivity contribution < 1.29 is 9.59 Å². The number of amides is 2. The molecule has 3 aromatic rings. The summed E-state index contributed by atoms with van der Waals surface area (Å²) in [6, 6.07) is 23.9. The van der Waals surface area contributed by atoms with Gasteiger partial charge in [0.1, 0.15) is 6.04 Å². The monoisotopic (exact) mass is 528 g/mol. The van der Waals surface area contributed by atoms with Crippen LogP contribution in [0.5, 0.6) is 0 Å². The Morgan fingerprint density at radius 2 is 1.49 bits per heavy atom. The lowest BCUT2D eigenvalue weighted by Gasteiger charge is -2.32. The van der Waals surface area contributed by atoms with E-state index in [1.807, 2.05) is 68.4 Å². The predicted molar refractivity (Wildman–Crippen MR) is 146 cm³/mol. The summed E-state index contributed by atoms with van der Waals surface area (Å²) in [6.07, 6.45) is 1.23. The Morgan fingerprint density at radius 3 is 2.09 bits per heavy atom. The molecule has 1 N–H and O–H groups in total. The maximum Gasteiger partial charge on any atom is 0.243 e. The van der Waals surface area contributed by atoms with Gasteiger partial charge in [0, 0.05) is 33.9 Å². The third kappa shape index (κ3) is 8.60. The Labute approximate surface area is 222 Å². The smallest absolute Gasteiger partial charge is 0.243 e. The number of carbonyl (C=O) groups is 2. The zero-order chi connectivity index (χ0) is 25.2. The van der Waals surface area contributed by atoms with E-state index >= 15 is 0 Å². The van der Waals surface area contributed by atoms with Crippen LogP contribution in [0.25, 0.3) is 0 Å². The number of benzene rings is 3. The third-order valence-corrected chi connectivity index (χ3v) is 7.21. The molecule has 0 heterocycles. The van der Waals surface area contributed by atoms with Crippen molar-refractivity contribution in [3.05, 3.63) is 100 Å². The Bertz CT molecular complexity index is 1090. The van der Waals surface area contributed by atoms with Crippen LogP contribution in [-0.2, 0) is 22.6 Å². The number of hydrogen-bond donors (Lipinski definition) is 1. The maximum absolute atomic E-state index is 13.6. The molecule has 7 heteroatoms. The highest BCUT2D eigenvalue weighted by Crippen LogP contribution is 2.23. The first-order valence-corrected chi connectivity index (χ1v) is 13.4. The molecule has 0 fully saturated rings. The fourth-order valence-corrected chi connectivity index (χ4v) is 4.58. The van der Waals surface area contributed by atoms with Gasteiger partial charge in [-0.3, -0.25) is 9.59 Å². The molecular weight excluding hydrogens is 499 g/mol. The topological polar surface area (TPSA) is 49.4 Å². The molecular formula is C28H30Cl2N2O2S. The van der Waals surface area contributed by atoms with Gasteiger partial charge in [-0.15, -0.1) is 11.8 Å². The van der Waals surface area contributed by atoms with E-state index in [9.17, 15) is 9.59 Å². The van der Waals surface area contributed by atoms with Crippen LogP contribution in [0.2, 0.25) is 10.0 Å². The number of rotatable bonds is 11. The lowest BCUT2D eigenvalue weighted by atomic mass is 10.0. The van der Waals surface area contributed by atoms with Gasteiger partial charge in [-0.25, -0.2) is 0 Å². The fraction of sp³-hybridized carbons (Fsp3) is 0.286. The van der Waals surface area contributed by atoms with Crippen LogP contribution in [0, 0.1) is 0 Å². The first kappa shape index (κ1) is 27.1. The van der Waals surface area contributed by atoms with Gasteiger partial charge in [-0.2, -0.15) is 0 Å². The molecule has 0 aliphatic rings. The molecule has 0 radical (unpaired) electrons. The van der Waals surface area contributed by atoms with Crippen LogP contribution in [0.15, 0.2) is 83.8 Å². The number of nitrogens with one attached hydrogen (secondary N) is 1. The summed E-state index contributed by atoms with van der Waals surface area (Å²) in [6.45, 7) is 4.30. The van der Waals surface area contributed by atoms with E-state index in [4.69, 9.17) is 23.2 Å². The van der Waals surface area contributed by atoms with Crippen LogP contribution in [0.3, 0.4) is 0 Å². The third-order valence-electron chi connectivity index (χ3n) is 5.71. The summed E-state index contributed by atoms with van der Waals surface area (Å²) in [5.74, 6) is -0.0564. The fourth-order valence-electron chi connectivity index (χ4n) is 3.54. The van der Waals surface area contributed by atoms with E-state index in [2.05, 4.69) is 5.32 Å². The van der Waals surface area contributed by atoms with Crippen molar-refractivity contribution in [3.8, 4) is 0 Å². The van der Waals surface area contributed by atoms with Crippen molar-refractivity contribution in [1.29, 1.82) is 0 Å². The van der Waals surface area contributed by atoms with Gasteiger partial charge < -0.3 is 10.2 Å². The second-order valence-electron chi connectivity index (χ2n) is 8.41. The second-order valence-corrected chi connectivity index (χ2v) is 10.3. The molecule has 0 aliphatic heterocycles. The summed E-state index contributed by atoms with van der Waals surface area (Å²) in [4.78, 5) is 29.7. The molecule has 2 atom stereocenters. The van der Waals surface area contributed by atoms with E-state index < -0.39 is 6.04 Å². The average Bonchev–Trinajstić information content (AvgIpc) is 2.87. The summed E-state index contributed by atoms with van der Waals surface area (Å²) in [5.41, 5.74) is 1.91. The van der Waals surface area contributed by atoms with Crippen molar-refractivity contribution in [3.63, 3.8) is 0 Å². The zero-order valence-corrected chi connectivity index (χ0v) is 22.2. The zero-order valence-electron chi connectivity index (χ0n) is 19.9. The van der Waals surface area contributed by atoms with Crippen LogP contribution in [-0.4, -0.2) is 34.6 Å². The van der Waals surface area contributed by atoms with E-state index in [-0.39, 0.29) is 23.6 Å². The van der Waals surface area contributed by atoms with Crippen LogP contribution in [0.4, 0.5) is 0 Å². The molecule has 3 rings (SSSR count). The second kappa shape index (κ2) is 13.6. The summed E-state index contributed by atoms with van der Waals surface area (Å²) >= 11 is 13.5. The molecule has 2 amide bonds. The predicted octanol–water partition coefficient (Wildman–Crippen LogP) is 6.64. The van der Waals surface area contributed by atoms with E-state index in [0.29, 0.717) is 23.0 Å². The summed E-state index contributed by atoms with van der Waals surface area (Å²) in [7, 11) is 0. The van der Waals surface area contributed by atoms with E-state index in [0.717, 1.165) is 22.4 Å². The molecule has 35 heavy (non-hydrogen) atoms. The normalized spacial score (nSPS) is 12.6. The molecule has 0 spiro atoms. The molecule has 3 aromatic carbocycles. The highest BCUT2D eigenvalue weighted by Gasteiger charge is 2.31. The minimum Gasteiger partial charge on any atom is -0.352 e. The Hall–Kier alpha value is -2.47. The van der Waals surface area contributed by atoms with Gasteiger partial charge >= 0.3 is 0 Å². The Kier molecular flexibility index (Phi) is 10.5. The SMILES string of the molecule is CC[C@@H](C)NC(=O)[C@H](Cc1ccccc1)N(Cc1ccc(Cl)cc1)C(=O)CSc1ccc(Cl)cc1. The van der Waals surface area contributed by atoms with Gasteiger partial charge in [0.15, 0.2) is 0 Å². The van der Waals surface area contributed by atoms with Gasteiger partial charge in [-0.05, 0) is 60.9 Å². The highest BCUT2D eigenvalue weighted by molar-refractivity contribution is 8.00. The van der Waals surface area contributed by atoms with E-state index in [1.165, 1.54) is 11.8 Å². The van der Waals surface area contributed by atoms with Crippen molar-refractivity contribution in [2.75, 3.05) is 5.75 Å². The molecule has 0 saturated carbocycles. The molecule has 0 unspecified atom stereocenters. The van der Waals surface area contributed by atoms with E-state index in [1.54, 1.807) is 29.2 Å². The standard InChI is InChI=1S/C28H30Cl2N2O2S/c1-3-20(2)31-28(34)26(17-21-7-5-4-6-8-21)32(18-22-9-11-23(29)12-10-22)27(33)19-35-25-15-13-24(30)14-16-25/h4-16,20,26H,3,17-19H2,1-2H3,(H,31,34)/t20-,26+/m1/s1. The number of hydrogen-bond acceptors (Lipinski definition) is 3. The summed E-state index contributed by atoms with van der Waals surface area (Å²) in [5, 5.41) is 4.36. The average molecular weight is 530 g/mol. The van der Waals surface area contributed by atoms with Crippen molar-refractivity contribution in [1.82, 2.24) is 10.2 Å². The number of nitrogens with zero attached hydrogens (tertiary/aromatic N) is 1. The maximum atomic E-state index is 13.6. The number of carbonyl (C=O) groups excluding carboxylic acids is 2. The van der Waals surface area contributed by atoms with Crippen LogP contribution in [0.1, 0.15) is 31.4 Å². The van der Waals surface area contributed by atoms with Gasteiger partial charge in [0.05, 0.1) is 5.75 Å². The van der Waals surface area contributed by atoms with Crippen LogP contribution < -0.4 is 5.32 Å². The van der Waals surface area contributed by atoms with Gasteiger partial charge in [-0.1, -0.05) is 72.6 Å². The lowest BCUT2D eigenvalue weighted by molar-refractivity contribution is -0.139. The molecule has 0 aromatic heterocycles. The molecule has 0 saturated heterocycles. The van der Waals surface area contributed by atoms with Gasteiger partial charge in [0.2, 0.25) is 11.8 Å². The Morgan fingerprint density at radius 1 is 0.886 bits per heavy atom. The molecule has 0 aliphatic carbocycles. The first-order chi connectivity index (χ1) is 16.9. The quantitative estimate of drug-likeness (QED) is 0.283. The molecule has 4 nitrogen and oxygen atoms in total. The van der Waals surface area contributed by atoms with Crippen molar-refractivity contribution in [2.24, 2.45) is 0 Å². The lowest BCUT2D eigenvalue weighted by Crippen LogP contribution is -2.52. The largest absolute Gasteiger partial charge is 0.352 e. The molecule has 184 valence electrons. The minimum absolute atomic E-state index is 0.0108. The van der Waals surface area contributed by atoms with Gasteiger partial charge in [0.25, 0.3) is 0 Å². The number of halogens is 2. The van der Waals surface area contributed by atoms with Crippen molar-refractivity contribution >= 4 is 46.8 Å². The Balaban J connectivity index is 1.89.